The highest BCUT2D eigenvalue weighted by Gasteiger charge is 2.38. The molecule has 0 bridgehead atoms. The summed E-state index contributed by atoms with van der Waals surface area (Å²) in [6.45, 7) is 4.25. The van der Waals surface area contributed by atoms with Gasteiger partial charge >= 0.3 is 0 Å². The summed E-state index contributed by atoms with van der Waals surface area (Å²) in [7, 11) is 0. The van der Waals surface area contributed by atoms with Crippen molar-refractivity contribution in [3.8, 4) is 0 Å². The van der Waals surface area contributed by atoms with E-state index in [9.17, 15) is 4.79 Å². The van der Waals surface area contributed by atoms with Crippen LogP contribution in [0, 0.1) is 0 Å². The van der Waals surface area contributed by atoms with Gasteiger partial charge in [0.05, 0.1) is 6.04 Å². The lowest BCUT2D eigenvalue weighted by Crippen LogP contribution is -2.45. The largest absolute Gasteiger partial charge is 0.365 e. The van der Waals surface area contributed by atoms with Gasteiger partial charge in [-0.2, -0.15) is 5.21 Å². The lowest BCUT2D eigenvalue weighted by molar-refractivity contribution is -0.140. The van der Waals surface area contributed by atoms with E-state index in [0.717, 1.165) is 12.8 Å². The van der Waals surface area contributed by atoms with Crippen molar-refractivity contribution < 1.29 is 9.53 Å². The Kier molecular flexibility index (Phi) is 2.86. The van der Waals surface area contributed by atoms with Crippen LogP contribution in [0.4, 0.5) is 0 Å². The molecule has 0 spiro atoms. The number of amides is 1. The molecule has 88 valence electrons. The van der Waals surface area contributed by atoms with Gasteiger partial charge in [0, 0.05) is 6.61 Å². The second kappa shape index (κ2) is 4.17. The minimum Gasteiger partial charge on any atom is -0.365 e. The molecule has 1 aromatic rings. The monoisotopic (exact) mass is 225 g/mol. The summed E-state index contributed by atoms with van der Waals surface area (Å²) in [5.41, 5.74) is -0.710. The van der Waals surface area contributed by atoms with E-state index < -0.39 is 5.60 Å². The molecule has 2 rings (SSSR count). The van der Waals surface area contributed by atoms with Gasteiger partial charge in [-0.3, -0.25) is 4.79 Å². The number of nitrogens with zero attached hydrogens (tertiary/aromatic N) is 3. The number of rotatable bonds is 3. The second-order valence-electron chi connectivity index (χ2n) is 4.15. The molecule has 7 nitrogen and oxygen atoms in total. The van der Waals surface area contributed by atoms with Gasteiger partial charge in [-0.05, 0) is 26.7 Å². The van der Waals surface area contributed by atoms with Gasteiger partial charge in [-0.15, -0.1) is 10.2 Å². The van der Waals surface area contributed by atoms with Crippen LogP contribution in [0.2, 0.25) is 0 Å². The lowest BCUT2D eigenvalue weighted by Gasteiger charge is -2.23. The molecule has 0 saturated carbocycles. The number of ether oxygens (including phenoxy) is 1. The molecule has 1 aliphatic rings. The van der Waals surface area contributed by atoms with Crippen LogP contribution in [-0.2, 0) is 9.53 Å². The first-order chi connectivity index (χ1) is 7.62. The Morgan fingerprint density at radius 2 is 2.50 bits per heavy atom. The van der Waals surface area contributed by atoms with E-state index in [1.165, 1.54) is 0 Å². The van der Waals surface area contributed by atoms with Crippen LogP contribution >= 0.6 is 0 Å². The fourth-order valence-electron chi connectivity index (χ4n) is 1.72. The van der Waals surface area contributed by atoms with Crippen molar-refractivity contribution in [2.75, 3.05) is 6.61 Å². The first-order valence-electron chi connectivity index (χ1n) is 5.30. The van der Waals surface area contributed by atoms with Crippen molar-refractivity contribution in [2.24, 2.45) is 0 Å². The summed E-state index contributed by atoms with van der Waals surface area (Å²) < 4.78 is 5.44. The molecule has 2 heterocycles. The summed E-state index contributed by atoms with van der Waals surface area (Å²) in [5, 5.41) is 16.2. The molecule has 0 radical (unpaired) electrons. The smallest absolute Gasteiger partial charge is 0.252 e. The zero-order chi connectivity index (χ0) is 11.6. The van der Waals surface area contributed by atoms with Gasteiger partial charge in [0.15, 0.2) is 5.82 Å². The Balaban J connectivity index is 1.97. The third-order valence-corrected chi connectivity index (χ3v) is 2.80. The minimum absolute atomic E-state index is 0.123. The average Bonchev–Trinajstić information content (AvgIpc) is 2.88. The Bertz CT molecular complexity index is 358. The zero-order valence-electron chi connectivity index (χ0n) is 9.36. The normalized spacial score (nSPS) is 26.6. The van der Waals surface area contributed by atoms with Crippen molar-refractivity contribution in [1.82, 2.24) is 25.9 Å². The molecule has 1 aromatic heterocycles. The average molecular weight is 225 g/mol. The van der Waals surface area contributed by atoms with Crippen LogP contribution in [0.15, 0.2) is 0 Å². The van der Waals surface area contributed by atoms with Crippen LogP contribution < -0.4 is 5.32 Å². The van der Waals surface area contributed by atoms with E-state index in [1.807, 2.05) is 0 Å². The Hall–Kier alpha value is -1.50. The topological polar surface area (TPSA) is 92.8 Å². The van der Waals surface area contributed by atoms with E-state index in [4.69, 9.17) is 4.74 Å². The Morgan fingerprint density at radius 3 is 3.06 bits per heavy atom. The van der Waals surface area contributed by atoms with E-state index in [2.05, 4.69) is 25.9 Å². The van der Waals surface area contributed by atoms with Gasteiger partial charge in [-0.1, -0.05) is 5.21 Å². The van der Waals surface area contributed by atoms with Crippen molar-refractivity contribution in [2.45, 2.75) is 38.3 Å². The number of aromatic nitrogens is 4. The van der Waals surface area contributed by atoms with Gasteiger partial charge in [0.2, 0.25) is 0 Å². The number of carbonyl (C=O) groups is 1. The van der Waals surface area contributed by atoms with E-state index in [0.29, 0.717) is 12.4 Å². The fraction of sp³-hybridized carbons (Fsp3) is 0.778. The molecule has 2 atom stereocenters. The second-order valence-corrected chi connectivity index (χ2v) is 4.15. The predicted octanol–water partition coefficient (Wildman–Crippen LogP) is -0.0540. The van der Waals surface area contributed by atoms with Gasteiger partial charge < -0.3 is 10.1 Å². The summed E-state index contributed by atoms with van der Waals surface area (Å²) in [5.74, 6) is 0.345. The van der Waals surface area contributed by atoms with Crippen LogP contribution in [0.5, 0.6) is 0 Å². The number of carbonyl (C=O) groups excluding carboxylic acids is 1. The van der Waals surface area contributed by atoms with E-state index in [-0.39, 0.29) is 11.9 Å². The fourth-order valence-corrected chi connectivity index (χ4v) is 1.72. The summed E-state index contributed by atoms with van der Waals surface area (Å²) in [4.78, 5) is 12.0. The van der Waals surface area contributed by atoms with E-state index >= 15 is 0 Å². The number of tetrazole rings is 1. The molecular formula is C9H15N5O2. The Morgan fingerprint density at radius 1 is 1.69 bits per heavy atom. The van der Waals surface area contributed by atoms with Crippen molar-refractivity contribution in [3.05, 3.63) is 5.82 Å². The Labute approximate surface area is 92.9 Å². The van der Waals surface area contributed by atoms with Crippen LogP contribution in [0.25, 0.3) is 0 Å². The highest BCUT2D eigenvalue weighted by atomic mass is 16.5. The highest BCUT2D eigenvalue weighted by Crippen LogP contribution is 2.25. The number of aromatic amines is 1. The number of nitrogens with one attached hydrogen (secondary N) is 2. The quantitative estimate of drug-likeness (QED) is 0.752. The maximum atomic E-state index is 12.0. The molecule has 2 N–H and O–H groups in total. The zero-order valence-corrected chi connectivity index (χ0v) is 9.36. The highest BCUT2D eigenvalue weighted by molar-refractivity contribution is 5.85. The number of hydrogen-bond donors (Lipinski definition) is 2. The summed E-state index contributed by atoms with van der Waals surface area (Å²) >= 11 is 0. The molecule has 0 aromatic carbocycles. The first-order valence-corrected chi connectivity index (χ1v) is 5.30. The van der Waals surface area contributed by atoms with Gasteiger partial charge in [-0.25, -0.2) is 0 Å². The van der Waals surface area contributed by atoms with E-state index in [1.54, 1.807) is 13.8 Å². The van der Waals surface area contributed by atoms with Gasteiger partial charge in [0.1, 0.15) is 5.60 Å². The standard InChI is InChI=1S/C9H15N5O2/c1-6(7-11-13-14-12-7)10-8(15)9(2)4-3-5-16-9/h6H,3-5H2,1-2H3,(H,10,15)(H,11,12,13,14). The van der Waals surface area contributed by atoms with Crippen molar-refractivity contribution >= 4 is 5.91 Å². The molecule has 0 aliphatic carbocycles. The molecule has 2 unspecified atom stereocenters. The SMILES string of the molecule is CC(NC(=O)C1(C)CCCO1)c1nn[nH]n1. The van der Waals surface area contributed by atoms with Crippen LogP contribution in [0.3, 0.4) is 0 Å². The molecule has 16 heavy (non-hydrogen) atoms. The van der Waals surface area contributed by atoms with Crippen LogP contribution in [0.1, 0.15) is 38.6 Å². The van der Waals surface area contributed by atoms with Crippen molar-refractivity contribution in [1.29, 1.82) is 0 Å². The van der Waals surface area contributed by atoms with Gasteiger partial charge in [0.25, 0.3) is 5.91 Å². The molecule has 7 heteroatoms. The maximum Gasteiger partial charge on any atom is 0.252 e. The molecule has 1 amide bonds. The first kappa shape index (κ1) is 11.0. The van der Waals surface area contributed by atoms with Crippen LogP contribution in [-0.4, -0.2) is 38.7 Å². The molecule has 1 aliphatic heterocycles. The molecular weight excluding hydrogens is 210 g/mol. The summed E-state index contributed by atoms with van der Waals surface area (Å²) in [6.07, 6.45) is 1.66. The third-order valence-electron chi connectivity index (χ3n) is 2.80. The molecule has 1 saturated heterocycles. The molecule has 1 fully saturated rings. The number of hydrogen-bond acceptors (Lipinski definition) is 5. The minimum atomic E-state index is -0.710. The number of H-pyrrole nitrogens is 1. The van der Waals surface area contributed by atoms with Crippen molar-refractivity contribution in [3.63, 3.8) is 0 Å². The lowest BCUT2D eigenvalue weighted by atomic mass is 10.0. The predicted molar refractivity (Wildman–Crippen MR) is 54.3 cm³/mol. The third kappa shape index (κ3) is 2.04. The maximum absolute atomic E-state index is 12.0. The summed E-state index contributed by atoms with van der Waals surface area (Å²) in [6, 6.07) is -0.271.